The van der Waals surface area contributed by atoms with Gasteiger partial charge in [-0.1, -0.05) is 12.1 Å². The van der Waals surface area contributed by atoms with Crippen LogP contribution in [0.3, 0.4) is 0 Å². The lowest BCUT2D eigenvalue weighted by Gasteiger charge is -2.38. The Bertz CT molecular complexity index is 1130. The van der Waals surface area contributed by atoms with E-state index in [1.54, 1.807) is 17.9 Å². The molecular weight excluding hydrogens is 405 g/mol. The summed E-state index contributed by atoms with van der Waals surface area (Å²) in [7, 11) is 0. The maximum atomic E-state index is 13.6. The molecular formula is C21H22FN5O2S. The van der Waals surface area contributed by atoms with Gasteiger partial charge in [-0.25, -0.2) is 14.4 Å². The Kier molecular flexibility index (Phi) is 5.46. The van der Waals surface area contributed by atoms with E-state index in [0.29, 0.717) is 35.6 Å². The molecule has 1 amide bonds. The van der Waals surface area contributed by atoms with Gasteiger partial charge in [0.2, 0.25) is 5.95 Å². The quantitative estimate of drug-likeness (QED) is 0.644. The Morgan fingerprint density at radius 2 is 2.07 bits per heavy atom. The number of ketones is 1. The van der Waals surface area contributed by atoms with Crippen molar-refractivity contribution in [2.24, 2.45) is 5.92 Å². The molecule has 1 unspecified atom stereocenters. The summed E-state index contributed by atoms with van der Waals surface area (Å²) in [6.07, 6.45) is 0.487. The molecule has 1 atom stereocenters. The van der Waals surface area contributed by atoms with E-state index in [9.17, 15) is 14.0 Å². The van der Waals surface area contributed by atoms with Crippen LogP contribution in [0.4, 0.5) is 10.3 Å². The summed E-state index contributed by atoms with van der Waals surface area (Å²) in [5.74, 6) is 0.104. The zero-order valence-corrected chi connectivity index (χ0v) is 17.8. The smallest absolute Gasteiger partial charge is 0.274 e. The van der Waals surface area contributed by atoms with Gasteiger partial charge in [0.05, 0.1) is 11.0 Å². The van der Waals surface area contributed by atoms with Gasteiger partial charge in [0, 0.05) is 25.4 Å². The number of nitrogens with one attached hydrogen (secondary N) is 1. The summed E-state index contributed by atoms with van der Waals surface area (Å²) in [6.45, 7) is 6.39. The number of aryl methyl sites for hydroxylation is 1. The minimum Gasteiger partial charge on any atom is -0.348 e. The Morgan fingerprint density at radius 1 is 1.30 bits per heavy atom. The van der Waals surface area contributed by atoms with Gasteiger partial charge in [0.25, 0.3) is 5.91 Å². The van der Waals surface area contributed by atoms with E-state index in [1.807, 2.05) is 19.9 Å². The van der Waals surface area contributed by atoms with Gasteiger partial charge in [0.1, 0.15) is 16.3 Å². The molecule has 1 aromatic carbocycles. The fraction of sp³-hybridized carbons (Fsp3) is 0.381. The molecule has 156 valence electrons. The fourth-order valence-corrected chi connectivity index (χ4v) is 4.45. The Balaban J connectivity index is 1.60. The van der Waals surface area contributed by atoms with Crippen molar-refractivity contribution in [2.75, 3.05) is 18.4 Å². The van der Waals surface area contributed by atoms with E-state index in [4.69, 9.17) is 0 Å². The maximum absolute atomic E-state index is 13.6. The number of nitrogens with zero attached hydrogens (tertiary/aromatic N) is 4. The highest BCUT2D eigenvalue weighted by Crippen LogP contribution is 2.29. The van der Waals surface area contributed by atoms with E-state index < -0.39 is 0 Å². The van der Waals surface area contributed by atoms with Crippen molar-refractivity contribution < 1.29 is 14.0 Å². The number of fused-ring (bicyclic) bond motifs is 1. The molecule has 0 bridgehead atoms. The molecule has 1 aliphatic heterocycles. The molecule has 4 rings (SSSR count). The molecule has 9 heteroatoms. The molecule has 2 aromatic heterocycles. The van der Waals surface area contributed by atoms with Gasteiger partial charge in [-0.2, -0.15) is 4.98 Å². The van der Waals surface area contributed by atoms with Crippen molar-refractivity contribution in [2.45, 2.75) is 33.2 Å². The summed E-state index contributed by atoms with van der Waals surface area (Å²) >= 11 is 1.38. The highest BCUT2D eigenvalue weighted by atomic mass is 32.1. The van der Waals surface area contributed by atoms with Crippen LogP contribution in [0.2, 0.25) is 0 Å². The van der Waals surface area contributed by atoms with Crippen LogP contribution in [-0.4, -0.2) is 44.6 Å². The van der Waals surface area contributed by atoms with Gasteiger partial charge in [-0.3, -0.25) is 4.79 Å². The predicted octanol–water partition coefficient (Wildman–Crippen LogP) is 3.76. The fourth-order valence-electron chi connectivity index (χ4n) is 3.61. The summed E-state index contributed by atoms with van der Waals surface area (Å²) in [6, 6.07) is 6.04. The van der Waals surface area contributed by atoms with Crippen molar-refractivity contribution >= 4 is 39.3 Å². The molecule has 0 spiro atoms. The van der Waals surface area contributed by atoms with Gasteiger partial charge in [-0.05, 0) is 38.5 Å². The van der Waals surface area contributed by atoms with Gasteiger partial charge in [0.15, 0.2) is 11.3 Å². The van der Waals surface area contributed by atoms with Crippen molar-refractivity contribution in [1.82, 2.24) is 19.9 Å². The topological polar surface area (TPSA) is 88.1 Å². The molecule has 7 nitrogen and oxygen atoms in total. The largest absolute Gasteiger partial charge is 0.348 e. The molecule has 0 radical (unpaired) electrons. The number of aromatic nitrogens is 3. The van der Waals surface area contributed by atoms with Crippen LogP contribution in [-0.2, 0) is 4.79 Å². The third-order valence-corrected chi connectivity index (χ3v) is 6.04. The zero-order chi connectivity index (χ0) is 21.4. The van der Waals surface area contributed by atoms with Gasteiger partial charge in [-0.15, -0.1) is 11.3 Å². The second kappa shape index (κ2) is 8.06. The average Bonchev–Trinajstić information content (AvgIpc) is 3.03. The van der Waals surface area contributed by atoms with Crippen LogP contribution in [0, 0.1) is 18.7 Å². The van der Waals surface area contributed by atoms with Crippen molar-refractivity contribution in [1.29, 1.82) is 0 Å². The summed E-state index contributed by atoms with van der Waals surface area (Å²) in [5.41, 5.74) is 1.52. The normalized spacial score (nSPS) is 15.1. The number of thiazole rings is 1. The van der Waals surface area contributed by atoms with E-state index in [2.05, 4.69) is 20.3 Å². The number of carbonyl (C=O) groups excluding carboxylic acids is 2. The lowest BCUT2D eigenvalue weighted by atomic mass is 9.94. The van der Waals surface area contributed by atoms with Crippen LogP contribution < -0.4 is 5.32 Å². The second-order valence-corrected chi connectivity index (χ2v) is 8.89. The Hall–Kier alpha value is -2.94. The molecule has 1 saturated heterocycles. The number of carbonyl (C=O) groups is 2. The van der Waals surface area contributed by atoms with E-state index >= 15 is 0 Å². The number of hydrogen-bond acceptors (Lipinski definition) is 7. The molecule has 3 aromatic rings. The highest BCUT2D eigenvalue weighted by molar-refractivity contribution is 7.18. The Labute approximate surface area is 177 Å². The third kappa shape index (κ3) is 4.16. The zero-order valence-electron chi connectivity index (χ0n) is 17.0. The number of anilines is 1. The monoisotopic (exact) mass is 427 g/mol. The lowest BCUT2D eigenvalue weighted by Crippen LogP contribution is -2.50. The SMILES string of the molecule is CC(=O)CC1CN(C(=O)c2nc(NC(C)c3cccc(F)c3)nc3nc(C)sc23)C1. The number of Topliss-reactive ketones (excluding diaryl/α,β-unsaturated/α-hetero) is 1. The number of benzene rings is 1. The van der Waals surface area contributed by atoms with E-state index in [1.165, 1.54) is 23.5 Å². The molecule has 1 fully saturated rings. The molecule has 30 heavy (non-hydrogen) atoms. The van der Waals surface area contributed by atoms with Crippen LogP contribution in [0.5, 0.6) is 0 Å². The first-order valence-electron chi connectivity index (χ1n) is 9.76. The number of hydrogen-bond donors (Lipinski definition) is 1. The van der Waals surface area contributed by atoms with E-state index in [0.717, 1.165) is 10.6 Å². The number of rotatable bonds is 6. The van der Waals surface area contributed by atoms with Gasteiger partial charge < -0.3 is 15.0 Å². The van der Waals surface area contributed by atoms with Crippen LogP contribution >= 0.6 is 11.3 Å². The second-order valence-electron chi connectivity index (χ2n) is 7.68. The molecule has 1 N–H and O–H groups in total. The summed E-state index contributed by atoms with van der Waals surface area (Å²) in [4.78, 5) is 39.4. The van der Waals surface area contributed by atoms with Crippen molar-refractivity contribution in [3.63, 3.8) is 0 Å². The van der Waals surface area contributed by atoms with Crippen molar-refractivity contribution in [3.8, 4) is 0 Å². The number of amides is 1. The molecule has 0 saturated carbocycles. The number of halogens is 1. The third-order valence-electron chi connectivity index (χ3n) is 5.08. The van der Waals surface area contributed by atoms with Crippen LogP contribution in [0.25, 0.3) is 10.3 Å². The van der Waals surface area contributed by atoms with E-state index in [-0.39, 0.29) is 35.4 Å². The number of likely N-dealkylation sites (tertiary alicyclic amines) is 1. The molecule has 1 aliphatic rings. The molecule has 0 aliphatic carbocycles. The molecule has 3 heterocycles. The summed E-state index contributed by atoms with van der Waals surface area (Å²) < 4.78 is 14.2. The summed E-state index contributed by atoms with van der Waals surface area (Å²) in [5, 5.41) is 3.95. The first kappa shape index (κ1) is 20.3. The minimum absolute atomic E-state index is 0.132. The first-order valence-corrected chi connectivity index (χ1v) is 10.6. The Morgan fingerprint density at radius 3 is 2.77 bits per heavy atom. The van der Waals surface area contributed by atoms with Gasteiger partial charge >= 0.3 is 0 Å². The first-order chi connectivity index (χ1) is 14.3. The van der Waals surface area contributed by atoms with Crippen LogP contribution in [0.15, 0.2) is 24.3 Å². The standard InChI is InChI=1S/C21H22FN5O2S/c1-11(28)7-14-9-27(10-14)20(29)17-18-19(24-13(3)30-18)26-21(25-17)23-12(2)15-5-4-6-16(22)8-15/h4-6,8,12,14H,7,9-10H2,1-3H3,(H,23,25,26). The average molecular weight is 428 g/mol. The maximum Gasteiger partial charge on any atom is 0.274 e. The van der Waals surface area contributed by atoms with Crippen molar-refractivity contribution in [3.05, 3.63) is 46.3 Å². The lowest BCUT2D eigenvalue weighted by molar-refractivity contribution is -0.118. The van der Waals surface area contributed by atoms with Crippen LogP contribution in [0.1, 0.15) is 47.4 Å². The highest BCUT2D eigenvalue weighted by Gasteiger charge is 2.34. The predicted molar refractivity (Wildman–Crippen MR) is 113 cm³/mol. The minimum atomic E-state index is -0.318.